The predicted molar refractivity (Wildman–Crippen MR) is 131 cm³/mol. The topological polar surface area (TPSA) is 62.5 Å². The van der Waals surface area contributed by atoms with Crippen LogP contribution < -0.4 is 5.32 Å². The summed E-state index contributed by atoms with van der Waals surface area (Å²) in [5.41, 5.74) is 4.66. The molecule has 4 nitrogen and oxygen atoms in total. The van der Waals surface area contributed by atoms with Gasteiger partial charge >= 0.3 is 5.97 Å². The lowest BCUT2D eigenvalue weighted by atomic mass is 10.0. The van der Waals surface area contributed by atoms with Crippen LogP contribution in [0, 0.1) is 18.7 Å². The molecule has 0 aliphatic carbocycles. The van der Waals surface area contributed by atoms with Gasteiger partial charge in [-0.25, -0.2) is 4.39 Å². The number of furan rings is 1. The van der Waals surface area contributed by atoms with Gasteiger partial charge in [-0.05, 0) is 60.4 Å². The van der Waals surface area contributed by atoms with Gasteiger partial charge in [-0.3, -0.25) is 4.79 Å². The minimum atomic E-state index is -0.682. The number of rotatable bonds is 4. The Morgan fingerprint density at radius 1 is 1.00 bits per heavy atom. The number of carbonyl (C=O) groups is 1. The number of benzene rings is 3. The van der Waals surface area contributed by atoms with Crippen molar-refractivity contribution in [3.8, 4) is 11.3 Å². The first-order valence-corrected chi connectivity index (χ1v) is 11.3. The van der Waals surface area contributed by atoms with E-state index in [-0.39, 0.29) is 11.7 Å². The van der Waals surface area contributed by atoms with Crippen molar-refractivity contribution in [2.75, 3.05) is 13.1 Å². The molecule has 2 N–H and O–H groups in total. The molecule has 4 aromatic rings. The summed E-state index contributed by atoms with van der Waals surface area (Å²) in [5, 5.41) is 12.1. The minimum absolute atomic E-state index is 0.111. The van der Waals surface area contributed by atoms with Gasteiger partial charge in [0.2, 0.25) is 0 Å². The van der Waals surface area contributed by atoms with Crippen LogP contribution in [0.15, 0.2) is 77.2 Å². The van der Waals surface area contributed by atoms with Crippen molar-refractivity contribution < 1.29 is 18.7 Å². The number of nitrogens with one attached hydrogen (secondary N) is 1. The average molecular weight is 448 g/mol. The number of hydrogen-bond acceptors (Lipinski definition) is 3. The van der Waals surface area contributed by atoms with E-state index in [1.165, 1.54) is 17.2 Å². The highest BCUT2D eigenvalue weighted by Gasteiger charge is 2.23. The second kappa shape index (κ2) is 11.4. The summed E-state index contributed by atoms with van der Waals surface area (Å²) < 4.78 is 20.0. The van der Waals surface area contributed by atoms with Gasteiger partial charge in [-0.15, -0.1) is 0 Å². The molecule has 5 heteroatoms. The fourth-order valence-corrected chi connectivity index (χ4v) is 3.45. The number of carboxylic acids is 1. The number of fused-ring (bicyclic) bond motifs is 1. The number of aliphatic carboxylic acids is 1. The molecule has 1 aliphatic heterocycles. The molecule has 2 heterocycles. The molecular formula is C28H30FNO3. The van der Waals surface area contributed by atoms with Crippen LogP contribution in [-0.4, -0.2) is 24.2 Å². The average Bonchev–Trinajstić information content (AvgIpc) is 3.18. The van der Waals surface area contributed by atoms with E-state index < -0.39 is 5.97 Å². The fraction of sp³-hybridized carbons (Fsp3) is 0.250. The maximum absolute atomic E-state index is 14.2. The second-order valence-electron chi connectivity index (χ2n) is 7.82. The van der Waals surface area contributed by atoms with Crippen LogP contribution in [0.5, 0.6) is 0 Å². The first-order valence-electron chi connectivity index (χ1n) is 11.3. The summed E-state index contributed by atoms with van der Waals surface area (Å²) in [7, 11) is 0. The molecule has 5 rings (SSSR count). The molecule has 0 spiro atoms. The molecule has 0 atom stereocenters. The van der Waals surface area contributed by atoms with Crippen molar-refractivity contribution in [2.24, 2.45) is 5.92 Å². The SMILES string of the molecule is CC.Cc1ccc(-c2cc3cc(Cc4ccccc4)ccc3o2)c(F)c1.O=C(O)C1CNC1. The molecule has 0 amide bonds. The van der Waals surface area contributed by atoms with Crippen molar-refractivity contribution in [2.45, 2.75) is 27.2 Å². The van der Waals surface area contributed by atoms with Crippen LogP contribution >= 0.6 is 0 Å². The standard InChI is InChI=1S/C22H17FO.C4H7NO2.C2H6/c1-15-7-9-19(20(23)11-15)22-14-18-13-17(8-10-21(18)24-22)12-16-5-3-2-4-6-16;6-4(7)3-1-5-2-3;1-2/h2-11,13-14H,12H2,1H3;3,5H,1-2H2,(H,6,7);1-2H3. The number of carboxylic acid groups (broad SMARTS) is 1. The molecule has 1 fully saturated rings. The Morgan fingerprint density at radius 2 is 1.73 bits per heavy atom. The maximum Gasteiger partial charge on any atom is 0.309 e. The third-order valence-electron chi connectivity index (χ3n) is 5.35. The van der Waals surface area contributed by atoms with Gasteiger partial charge in [0.25, 0.3) is 0 Å². The van der Waals surface area contributed by atoms with Crippen molar-refractivity contribution >= 4 is 16.9 Å². The molecule has 1 aromatic heterocycles. The lowest BCUT2D eigenvalue weighted by Crippen LogP contribution is -2.46. The third kappa shape index (κ3) is 6.30. The van der Waals surface area contributed by atoms with Gasteiger partial charge in [0.15, 0.2) is 0 Å². The Bertz CT molecular complexity index is 1200. The minimum Gasteiger partial charge on any atom is -0.481 e. The van der Waals surface area contributed by atoms with Crippen molar-refractivity contribution in [1.29, 1.82) is 0 Å². The summed E-state index contributed by atoms with van der Waals surface area (Å²) in [6.45, 7) is 7.17. The first-order chi connectivity index (χ1) is 16.0. The molecule has 0 saturated carbocycles. The first kappa shape index (κ1) is 24.2. The molecule has 0 bridgehead atoms. The summed E-state index contributed by atoms with van der Waals surface area (Å²) in [6.07, 6.45) is 0.871. The van der Waals surface area contributed by atoms with Crippen LogP contribution in [0.2, 0.25) is 0 Å². The van der Waals surface area contributed by atoms with Gasteiger partial charge in [-0.2, -0.15) is 0 Å². The largest absolute Gasteiger partial charge is 0.481 e. The monoisotopic (exact) mass is 447 g/mol. The quantitative estimate of drug-likeness (QED) is 0.377. The normalized spacial score (nSPS) is 12.7. The molecule has 0 unspecified atom stereocenters. The Morgan fingerprint density at radius 3 is 2.30 bits per heavy atom. The van der Waals surface area contributed by atoms with Crippen LogP contribution in [0.25, 0.3) is 22.3 Å². The Labute approximate surface area is 194 Å². The van der Waals surface area contributed by atoms with Gasteiger partial charge in [0.1, 0.15) is 17.2 Å². The summed E-state index contributed by atoms with van der Waals surface area (Å²) in [4.78, 5) is 9.94. The summed E-state index contributed by atoms with van der Waals surface area (Å²) in [6, 6.07) is 23.6. The zero-order chi connectivity index (χ0) is 23.8. The van der Waals surface area contributed by atoms with Gasteiger partial charge < -0.3 is 14.8 Å². The smallest absolute Gasteiger partial charge is 0.309 e. The molecular weight excluding hydrogens is 417 g/mol. The van der Waals surface area contributed by atoms with Crippen molar-refractivity contribution in [1.82, 2.24) is 5.32 Å². The van der Waals surface area contributed by atoms with E-state index in [9.17, 15) is 9.18 Å². The molecule has 1 saturated heterocycles. The molecule has 1 aliphatic rings. The van der Waals surface area contributed by atoms with Gasteiger partial charge in [0, 0.05) is 18.5 Å². The highest BCUT2D eigenvalue weighted by molar-refractivity contribution is 5.83. The van der Waals surface area contributed by atoms with Crippen LogP contribution in [0.1, 0.15) is 30.5 Å². The van der Waals surface area contributed by atoms with Gasteiger partial charge in [-0.1, -0.05) is 56.3 Å². The van der Waals surface area contributed by atoms with Crippen LogP contribution in [0.3, 0.4) is 0 Å². The highest BCUT2D eigenvalue weighted by atomic mass is 19.1. The van der Waals surface area contributed by atoms with Crippen molar-refractivity contribution in [3.63, 3.8) is 0 Å². The maximum atomic E-state index is 14.2. The molecule has 0 radical (unpaired) electrons. The molecule has 172 valence electrons. The van der Waals surface area contributed by atoms with E-state index in [1.54, 1.807) is 6.07 Å². The number of aryl methyl sites for hydroxylation is 1. The second-order valence-corrected chi connectivity index (χ2v) is 7.82. The van der Waals surface area contributed by atoms with Gasteiger partial charge in [0.05, 0.1) is 11.5 Å². The summed E-state index contributed by atoms with van der Waals surface area (Å²) in [5.74, 6) is -0.475. The Balaban J connectivity index is 0.000000289. The highest BCUT2D eigenvalue weighted by Crippen LogP contribution is 2.31. The molecule has 3 aromatic carbocycles. The summed E-state index contributed by atoms with van der Waals surface area (Å²) >= 11 is 0. The predicted octanol–water partition coefficient (Wildman–Crippen LogP) is 6.45. The lowest BCUT2D eigenvalue weighted by Gasteiger charge is -2.21. The Hall–Kier alpha value is -3.44. The van der Waals surface area contributed by atoms with E-state index in [0.717, 1.165) is 23.0 Å². The van der Waals surface area contributed by atoms with Crippen molar-refractivity contribution in [3.05, 3.63) is 95.3 Å². The van der Waals surface area contributed by atoms with Crippen LogP contribution in [0.4, 0.5) is 4.39 Å². The zero-order valence-electron chi connectivity index (χ0n) is 19.3. The fourth-order valence-electron chi connectivity index (χ4n) is 3.45. The van der Waals surface area contributed by atoms with E-state index >= 15 is 0 Å². The number of hydrogen-bond donors (Lipinski definition) is 2. The van der Waals surface area contributed by atoms with E-state index in [2.05, 4.69) is 29.6 Å². The van der Waals surface area contributed by atoms with E-state index in [0.29, 0.717) is 24.4 Å². The Kier molecular flexibility index (Phi) is 8.39. The van der Waals surface area contributed by atoms with Crippen LogP contribution in [-0.2, 0) is 11.2 Å². The van der Waals surface area contributed by atoms with E-state index in [1.807, 2.05) is 57.2 Å². The zero-order valence-corrected chi connectivity index (χ0v) is 19.3. The van der Waals surface area contributed by atoms with E-state index in [4.69, 9.17) is 9.52 Å². The molecule has 33 heavy (non-hydrogen) atoms. The third-order valence-corrected chi connectivity index (χ3v) is 5.35. The lowest BCUT2D eigenvalue weighted by molar-refractivity contribution is -0.143. The number of halogens is 1.